The Kier molecular flexibility index (Phi) is 5.65. The molecule has 1 N–H and O–H groups in total. The molecule has 0 unspecified atom stereocenters. The standard InChI is InChI=1S/C22H22N4O4/c1-27-16-6-4-5-15(12-16)20-19-21(24-13-25-22(19)30-26-20)23-10-9-14-7-8-17(28-2)18(11-14)29-3/h4-8,11-13H,9-10H2,1-3H3,(H,23,24,25). The monoisotopic (exact) mass is 406 g/mol. The first-order valence-electron chi connectivity index (χ1n) is 9.43. The van der Waals surface area contributed by atoms with E-state index in [0.29, 0.717) is 35.3 Å². The van der Waals surface area contributed by atoms with E-state index in [1.54, 1.807) is 21.3 Å². The van der Waals surface area contributed by atoms with E-state index in [1.807, 2.05) is 42.5 Å². The van der Waals surface area contributed by atoms with Crippen LogP contribution in [0, 0.1) is 0 Å². The number of hydrogen-bond donors (Lipinski definition) is 1. The second-order valence-electron chi connectivity index (χ2n) is 6.53. The molecule has 0 bridgehead atoms. The average Bonchev–Trinajstić information content (AvgIpc) is 3.24. The Labute approximate surface area is 173 Å². The predicted molar refractivity (Wildman–Crippen MR) is 113 cm³/mol. The first-order chi connectivity index (χ1) is 14.7. The fourth-order valence-corrected chi connectivity index (χ4v) is 3.25. The van der Waals surface area contributed by atoms with Crippen LogP contribution < -0.4 is 19.5 Å². The summed E-state index contributed by atoms with van der Waals surface area (Å²) >= 11 is 0. The molecule has 8 heteroatoms. The summed E-state index contributed by atoms with van der Waals surface area (Å²) in [7, 11) is 4.88. The third kappa shape index (κ3) is 3.84. The summed E-state index contributed by atoms with van der Waals surface area (Å²) in [5, 5.41) is 8.31. The van der Waals surface area contributed by atoms with Crippen LogP contribution in [-0.2, 0) is 6.42 Å². The first kappa shape index (κ1) is 19.5. The topological polar surface area (TPSA) is 91.5 Å². The molecule has 0 saturated carbocycles. The van der Waals surface area contributed by atoms with E-state index in [-0.39, 0.29) is 0 Å². The molecule has 154 valence electrons. The second-order valence-corrected chi connectivity index (χ2v) is 6.53. The van der Waals surface area contributed by atoms with Gasteiger partial charge in [0.2, 0.25) is 0 Å². The quantitative estimate of drug-likeness (QED) is 0.470. The fourth-order valence-electron chi connectivity index (χ4n) is 3.25. The lowest BCUT2D eigenvalue weighted by atomic mass is 10.1. The summed E-state index contributed by atoms with van der Waals surface area (Å²) in [6.45, 7) is 0.657. The van der Waals surface area contributed by atoms with Crippen molar-refractivity contribution in [2.75, 3.05) is 33.2 Å². The van der Waals surface area contributed by atoms with Crippen LogP contribution in [0.4, 0.5) is 5.82 Å². The molecular formula is C22H22N4O4. The maximum Gasteiger partial charge on any atom is 0.263 e. The summed E-state index contributed by atoms with van der Waals surface area (Å²) in [6.07, 6.45) is 2.23. The molecule has 2 aromatic carbocycles. The van der Waals surface area contributed by atoms with Crippen molar-refractivity contribution in [2.24, 2.45) is 0 Å². The molecule has 2 aromatic heterocycles. The van der Waals surface area contributed by atoms with Gasteiger partial charge in [0.25, 0.3) is 5.71 Å². The second kappa shape index (κ2) is 8.69. The summed E-state index contributed by atoms with van der Waals surface area (Å²) in [5.74, 6) is 2.82. The fraction of sp³-hybridized carbons (Fsp3) is 0.227. The maximum absolute atomic E-state index is 5.43. The van der Waals surface area contributed by atoms with Crippen LogP contribution >= 0.6 is 0 Å². The lowest BCUT2D eigenvalue weighted by molar-refractivity contribution is 0.354. The molecule has 0 spiro atoms. The molecule has 4 rings (SSSR count). The van der Waals surface area contributed by atoms with E-state index in [4.69, 9.17) is 18.7 Å². The van der Waals surface area contributed by atoms with Gasteiger partial charge in [0.15, 0.2) is 11.5 Å². The Morgan fingerprint density at radius 3 is 2.60 bits per heavy atom. The predicted octanol–water partition coefficient (Wildman–Crippen LogP) is 3.97. The van der Waals surface area contributed by atoms with Gasteiger partial charge in [-0.05, 0) is 36.2 Å². The van der Waals surface area contributed by atoms with Crippen molar-refractivity contribution in [1.29, 1.82) is 0 Å². The number of hydrogen-bond acceptors (Lipinski definition) is 8. The van der Waals surface area contributed by atoms with E-state index in [9.17, 15) is 0 Å². The van der Waals surface area contributed by atoms with Gasteiger partial charge in [-0.1, -0.05) is 23.4 Å². The third-order valence-corrected chi connectivity index (χ3v) is 4.77. The van der Waals surface area contributed by atoms with Gasteiger partial charge in [0, 0.05) is 12.1 Å². The van der Waals surface area contributed by atoms with E-state index >= 15 is 0 Å². The molecule has 0 aliphatic rings. The number of nitrogens with one attached hydrogen (secondary N) is 1. The number of nitrogens with zero attached hydrogens (tertiary/aromatic N) is 3. The summed E-state index contributed by atoms with van der Waals surface area (Å²) in [4.78, 5) is 8.60. The van der Waals surface area contributed by atoms with Crippen LogP contribution in [0.5, 0.6) is 17.2 Å². The van der Waals surface area contributed by atoms with Crippen LogP contribution in [-0.4, -0.2) is 43.0 Å². The van der Waals surface area contributed by atoms with Gasteiger partial charge in [-0.25, -0.2) is 4.98 Å². The van der Waals surface area contributed by atoms with Gasteiger partial charge in [0.05, 0.1) is 21.3 Å². The molecule has 2 heterocycles. The van der Waals surface area contributed by atoms with Gasteiger partial charge in [0.1, 0.15) is 29.0 Å². The van der Waals surface area contributed by atoms with Crippen LogP contribution in [0.1, 0.15) is 5.56 Å². The van der Waals surface area contributed by atoms with Gasteiger partial charge in [-0.15, -0.1) is 0 Å². The van der Waals surface area contributed by atoms with Crippen molar-refractivity contribution in [3.8, 4) is 28.5 Å². The van der Waals surface area contributed by atoms with Gasteiger partial charge < -0.3 is 24.1 Å². The Hall–Kier alpha value is -3.81. The number of aromatic nitrogens is 3. The van der Waals surface area contributed by atoms with Crippen LogP contribution in [0.3, 0.4) is 0 Å². The molecule has 0 radical (unpaired) electrons. The highest BCUT2D eigenvalue weighted by Gasteiger charge is 2.17. The largest absolute Gasteiger partial charge is 0.497 e. The van der Waals surface area contributed by atoms with Crippen molar-refractivity contribution in [3.63, 3.8) is 0 Å². The minimum absolute atomic E-state index is 0.427. The number of benzene rings is 2. The smallest absolute Gasteiger partial charge is 0.263 e. The zero-order chi connectivity index (χ0) is 20.9. The molecule has 30 heavy (non-hydrogen) atoms. The highest BCUT2D eigenvalue weighted by atomic mass is 16.5. The Balaban J connectivity index is 1.57. The van der Waals surface area contributed by atoms with E-state index in [1.165, 1.54) is 6.33 Å². The molecule has 0 amide bonds. The summed E-state index contributed by atoms with van der Waals surface area (Å²) in [5.41, 5.74) is 3.07. The summed E-state index contributed by atoms with van der Waals surface area (Å²) < 4.78 is 21.4. The van der Waals surface area contributed by atoms with Gasteiger partial charge >= 0.3 is 0 Å². The molecule has 8 nitrogen and oxygen atoms in total. The number of methoxy groups -OCH3 is 3. The lowest BCUT2D eigenvalue weighted by Gasteiger charge is -2.10. The van der Waals surface area contributed by atoms with Crippen LogP contribution in [0.15, 0.2) is 53.3 Å². The van der Waals surface area contributed by atoms with Crippen molar-refractivity contribution >= 4 is 16.9 Å². The van der Waals surface area contributed by atoms with Crippen molar-refractivity contribution in [1.82, 2.24) is 15.1 Å². The molecule has 0 aliphatic heterocycles. The molecule has 0 fully saturated rings. The van der Waals surface area contributed by atoms with Crippen molar-refractivity contribution in [2.45, 2.75) is 6.42 Å². The summed E-state index contributed by atoms with van der Waals surface area (Å²) in [6, 6.07) is 13.5. The highest BCUT2D eigenvalue weighted by molar-refractivity contribution is 5.97. The maximum atomic E-state index is 5.43. The minimum atomic E-state index is 0.427. The van der Waals surface area contributed by atoms with E-state index in [2.05, 4.69) is 20.4 Å². The number of rotatable bonds is 8. The normalized spacial score (nSPS) is 10.8. The zero-order valence-electron chi connectivity index (χ0n) is 17.0. The Bertz CT molecular complexity index is 1160. The lowest BCUT2D eigenvalue weighted by Crippen LogP contribution is -2.07. The number of fused-ring (bicyclic) bond motifs is 1. The molecule has 0 aliphatic carbocycles. The van der Waals surface area contributed by atoms with Gasteiger partial charge in [-0.3, -0.25) is 0 Å². The van der Waals surface area contributed by atoms with Crippen molar-refractivity contribution in [3.05, 3.63) is 54.4 Å². The molecular weight excluding hydrogens is 384 g/mol. The van der Waals surface area contributed by atoms with Crippen LogP contribution in [0.25, 0.3) is 22.4 Å². The average molecular weight is 406 g/mol. The minimum Gasteiger partial charge on any atom is -0.497 e. The van der Waals surface area contributed by atoms with Gasteiger partial charge in [-0.2, -0.15) is 4.98 Å². The molecule has 4 aromatic rings. The number of ether oxygens (including phenoxy) is 3. The first-order valence-corrected chi connectivity index (χ1v) is 9.43. The number of anilines is 1. The molecule has 0 atom stereocenters. The third-order valence-electron chi connectivity index (χ3n) is 4.77. The van der Waals surface area contributed by atoms with Crippen LogP contribution in [0.2, 0.25) is 0 Å². The SMILES string of the molecule is COc1cccc(-c2noc3ncnc(NCCc4ccc(OC)c(OC)c4)c23)c1. The highest BCUT2D eigenvalue weighted by Crippen LogP contribution is 2.33. The Morgan fingerprint density at radius 1 is 0.933 bits per heavy atom. The van der Waals surface area contributed by atoms with E-state index in [0.717, 1.165) is 28.7 Å². The van der Waals surface area contributed by atoms with E-state index < -0.39 is 0 Å². The Morgan fingerprint density at radius 2 is 1.80 bits per heavy atom. The zero-order valence-corrected chi connectivity index (χ0v) is 17.0. The van der Waals surface area contributed by atoms with Crippen molar-refractivity contribution < 1.29 is 18.7 Å². The molecule has 0 saturated heterocycles.